The largest absolute Gasteiger partial charge is 0.483 e. The molecule has 3 aliphatic rings. The molecule has 1 amide bonds. The number of aromatic nitrogens is 2. The van der Waals surface area contributed by atoms with Crippen LogP contribution in [-0.2, 0) is 9.47 Å². The summed E-state index contributed by atoms with van der Waals surface area (Å²) in [5.74, 6) is 0.573. The number of hydrogen-bond acceptors (Lipinski definition) is 6. The van der Waals surface area contributed by atoms with Gasteiger partial charge in [0, 0.05) is 32.5 Å². The third-order valence-corrected chi connectivity index (χ3v) is 5.38. The molecule has 1 unspecified atom stereocenters. The predicted molar refractivity (Wildman–Crippen MR) is 96.0 cm³/mol. The number of nitrogens with zero attached hydrogens (tertiary/aromatic N) is 3. The van der Waals surface area contributed by atoms with Crippen molar-refractivity contribution in [3.8, 4) is 5.75 Å². The third-order valence-electron chi connectivity index (χ3n) is 5.38. The van der Waals surface area contributed by atoms with Crippen LogP contribution in [0.15, 0.2) is 6.20 Å². The number of piperidine rings is 1. The standard InChI is InChI=1S/C19H27N3O5/c1-18(2,3)27-17(24)21-7-5-19(6-8-21)10-14(23)16-15(26-19)11-22(20-16)13-4-9-25-12-13/h11,13H,4-10,12H2,1-3H3. The topological polar surface area (TPSA) is 82.9 Å². The Balaban J connectivity index is 1.44. The van der Waals surface area contributed by atoms with E-state index in [1.165, 1.54) is 0 Å². The summed E-state index contributed by atoms with van der Waals surface area (Å²) in [5.41, 5.74) is -0.651. The second-order valence-corrected chi connectivity index (χ2v) is 8.69. The fourth-order valence-electron chi connectivity index (χ4n) is 3.91. The second-order valence-electron chi connectivity index (χ2n) is 8.69. The highest BCUT2D eigenvalue weighted by Crippen LogP contribution is 2.39. The Kier molecular flexibility index (Phi) is 4.41. The van der Waals surface area contributed by atoms with E-state index in [0.717, 1.165) is 6.42 Å². The van der Waals surface area contributed by atoms with Crippen LogP contribution in [0.25, 0.3) is 0 Å². The molecule has 2 fully saturated rings. The lowest BCUT2D eigenvalue weighted by Gasteiger charge is -2.43. The quantitative estimate of drug-likeness (QED) is 0.748. The number of ketones is 1. The van der Waals surface area contributed by atoms with Gasteiger partial charge in [0.15, 0.2) is 17.2 Å². The van der Waals surface area contributed by atoms with Crippen LogP contribution in [0.4, 0.5) is 4.79 Å². The molecule has 0 saturated carbocycles. The first-order valence-electron chi connectivity index (χ1n) is 9.62. The number of Topliss-reactive ketones (excluding diaryl/α,β-unsaturated/α-hetero) is 1. The highest BCUT2D eigenvalue weighted by molar-refractivity contribution is 5.98. The van der Waals surface area contributed by atoms with Crippen molar-refractivity contribution in [3.63, 3.8) is 0 Å². The lowest BCUT2D eigenvalue weighted by molar-refractivity contribution is -0.0227. The summed E-state index contributed by atoms with van der Waals surface area (Å²) in [6.45, 7) is 7.93. The smallest absolute Gasteiger partial charge is 0.410 e. The number of ether oxygens (including phenoxy) is 3. The van der Waals surface area contributed by atoms with Gasteiger partial charge in [-0.3, -0.25) is 9.48 Å². The summed E-state index contributed by atoms with van der Waals surface area (Å²) in [6.07, 6.45) is 3.93. The second kappa shape index (κ2) is 6.51. The summed E-state index contributed by atoms with van der Waals surface area (Å²) in [7, 11) is 0. The van der Waals surface area contributed by atoms with Gasteiger partial charge in [-0.2, -0.15) is 5.10 Å². The third kappa shape index (κ3) is 3.67. The van der Waals surface area contributed by atoms with Gasteiger partial charge in [-0.05, 0) is 27.2 Å². The Labute approximate surface area is 158 Å². The van der Waals surface area contributed by atoms with Crippen molar-refractivity contribution in [2.45, 2.75) is 63.7 Å². The molecule has 4 rings (SSSR count). The molecular weight excluding hydrogens is 350 g/mol. The lowest BCUT2D eigenvalue weighted by atomic mass is 9.84. The van der Waals surface area contributed by atoms with Gasteiger partial charge in [0.05, 0.1) is 25.3 Å². The maximum Gasteiger partial charge on any atom is 0.410 e. The molecule has 2 saturated heterocycles. The fraction of sp³-hybridized carbons (Fsp3) is 0.737. The normalized spacial score (nSPS) is 24.6. The van der Waals surface area contributed by atoms with E-state index in [0.29, 0.717) is 57.0 Å². The number of hydrogen-bond donors (Lipinski definition) is 0. The van der Waals surface area contributed by atoms with E-state index in [-0.39, 0.29) is 17.9 Å². The Hall–Kier alpha value is -2.09. The molecule has 8 nitrogen and oxygen atoms in total. The first-order chi connectivity index (χ1) is 12.7. The average Bonchev–Trinajstić information content (AvgIpc) is 3.22. The van der Waals surface area contributed by atoms with E-state index in [1.807, 2.05) is 31.6 Å². The Bertz CT molecular complexity index is 737. The van der Waals surface area contributed by atoms with Crippen LogP contribution in [0.1, 0.15) is 63.0 Å². The number of carbonyl (C=O) groups is 2. The van der Waals surface area contributed by atoms with Crippen molar-refractivity contribution in [3.05, 3.63) is 11.9 Å². The van der Waals surface area contributed by atoms with Crippen molar-refractivity contribution in [2.24, 2.45) is 0 Å². The van der Waals surface area contributed by atoms with Crippen molar-refractivity contribution >= 4 is 11.9 Å². The summed E-state index contributed by atoms with van der Waals surface area (Å²) in [5, 5.41) is 4.45. The number of rotatable bonds is 1. The van der Waals surface area contributed by atoms with Gasteiger partial charge < -0.3 is 19.1 Å². The average molecular weight is 377 g/mol. The van der Waals surface area contributed by atoms with Crippen molar-refractivity contribution in [2.75, 3.05) is 26.3 Å². The van der Waals surface area contributed by atoms with Crippen molar-refractivity contribution in [1.29, 1.82) is 0 Å². The predicted octanol–water partition coefficient (Wildman–Crippen LogP) is 2.58. The van der Waals surface area contributed by atoms with Crippen LogP contribution in [0.3, 0.4) is 0 Å². The van der Waals surface area contributed by atoms with Gasteiger partial charge in [0.2, 0.25) is 0 Å². The summed E-state index contributed by atoms with van der Waals surface area (Å²) < 4.78 is 18.9. The molecule has 27 heavy (non-hydrogen) atoms. The Morgan fingerprint density at radius 2 is 2.07 bits per heavy atom. The SMILES string of the molecule is CC(C)(C)OC(=O)N1CCC2(CC1)CC(=O)c1nn(C3CCOC3)cc1O2. The monoisotopic (exact) mass is 377 g/mol. The van der Waals surface area contributed by atoms with Crippen LogP contribution in [-0.4, -0.2) is 64.1 Å². The van der Waals surface area contributed by atoms with Crippen LogP contribution < -0.4 is 4.74 Å². The van der Waals surface area contributed by atoms with Gasteiger partial charge in [0.1, 0.15) is 11.2 Å². The zero-order valence-electron chi connectivity index (χ0n) is 16.2. The molecule has 1 aromatic heterocycles. The van der Waals surface area contributed by atoms with Gasteiger partial charge in [-0.15, -0.1) is 0 Å². The van der Waals surface area contributed by atoms with E-state index in [2.05, 4.69) is 5.10 Å². The summed E-state index contributed by atoms with van der Waals surface area (Å²) in [6, 6.07) is 0.164. The molecule has 3 aliphatic heterocycles. The molecule has 0 bridgehead atoms. The van der Waals surface area contributed by atoms with Crippen LogP contribution in [0.2, 0.25) is 0 Å². The van der Waals surface area contributed by atoms with Crippen LogP contribution >= 0.6 is 0 Å². The maximum atomic E-state index is 12.7. The van der Waals surface area contributed by atoms with E-state index in [9.17, 15) is 9.59 Å². The first-order valence-corrected chi connectivity index (χ1v) is 9.62. The van der Waals surface area contributed by atoms with E-state index >= 15 is 0 Å². The molecule has 0 aromatic carbocycles. The minimum Gasteiger partial charge on any atom is -0.483 e. The number of carbonyl (C=O) groups excluding carboxylic acids is 2. The maximum absolute atomic E-state index is 12.7. The van der Waals surface area contributed by atoms with Crippen molar-refractivity contribution in [1.82, 2.24) is 14.7 Å². The molecule has 1 aromatic rings. The summed E-state index contributed by atoms with van der Waals surface area (Å²) >= 11 is 0. The van der Waals surface area contributed by atoms with Gasteiger partial charge in [-0.1, -0.05) is 0 Å². The molecule has 1 atom stereocenters. The number of amides is 1. The van der Waals surface area contributed by atoms with Crippen LogP contribution in [0.5, 0.6) is 5.75 Å². The van der Waals surface area contributed by atoms with E-state index in [4.69, 9.17) is 14.2 Å². The molecular formula is C19H27N3O5. The zero-order valence-corrected chi connectivity index (χ0v) is 16.2. The van der Waals surface area contributed by atoms with Gasteiger partial charge >= 0.3 is 6.09 Å². The molecule has 148 valence electrons. The van der Waals surface area contributed by atoms with Crippen LogP contribution in [0, 0.1) is 0 Å². The molecule has 8 heteroatoms. The molecule has 0 radical (unpaired) electrons. The summed E-state index contributed by atoms with van der Waals surface area (Å²) in [4.78, 5) is 26.7. The molecule has 0 aliphatic carbocycles. The first kappa shape index (κ1) is 18.3. The molecule has 0 N–H and O–H groups in total. The Morgan fingerprint density at radius 1 is 1.33 bits per heavy atom. The Morgan fingerprint density at radius 3 is 2.70 bits per heavy atom. The number of fused-ring (bicyclic) bond motifs is 1. The minimum absolute atomic E-state index is 0.0135. The number of likely N-dealkylation sites (tertiary alicyclic amines) is 1. The van der Waals surface area contributed by atoms with Crippen molar-refractivity contribution < 1.29 is 23.8 Å². The van der Waals surface area contributed by atoms with E-state index in [1.54, 1.807) is 4.90 Å². The highest BCUT2D eigenvalue weighted by Gasteiger charge is 2.45. The molecule has 4 heterocycles. The minimum atomic E-state index is -0.553. The lowest BCUT2D eigenvalue weighted by Crippen LogP contribution is -2.52. The fourth-order valence-corrected chi connectivity index (χ4v) is 3.91. The van der Waals surface area contributed by atoms with E-state index < -0.39 is 11.2 Å². The molecule has 1 spiro atoms. The highest BCUT2D eigenvalue weighted by atomic mass is 16.6. The van der Waals surface area contributed by atoms with Gasteiger partial charge in [-0.25, -0.2) is 4.79 Å². The van der Waals surface area contributed by atoms with Gasteiger partial charge in [0.25, 0.3) is 0 Å². The zero-order chi connectivity index (χ0) is 19.2.